The molecular weight excluding hydrogens is 227 g/mol. The van der Waals surface area contributed by atoms with Crippen molar-refractivity contribution in [3.8, 4) is 0 Å². The predicted molar refractivity (Wildman–Crippen MR) is 73.1 cm³/mol. The van der Waals surface area contributed by atoms with E-state index in [-0.39, 0.29) is 11.9 Å². The first-order valence-electron chi connectivity index (χ1n) is 7.01. The van der Waals surface area contributed by atoms with Gasteiger partial charge >= 0.3 is 0 Å². The molecule has 0 aliphatic carbocycles. The van der Waals surface area contributed by atoms with Crippen LogP contribution in [0.2, 0.25) is 0 Å². The minimum atomic E-state index is -0.0927. The summed E-state index contributed by atoms with van der Waals surface area (Å²) < 4.78 is 13.8. The number of rotatable bonds is 6. The van der Waals surface area contributed by atoms with Crippen LogP contribution in [-0.4, -0.2) is 31.1 Å². The van der Waals surface area contributed by atoms with Crippen molar-refractivity contribution in [2.45, 2.75) is 32.2 Å². The van der Waals surface area contributed by atoms with Crippen LogP contribution in [0.4, 0.5) is 4.39 Å². The first-order valence-corrected chi connectivity index (χ1v) is 7.01. The Bertz CT molecular complexity index is 361. The fourth-order valence-electron chi connectivity index (χ4n) is 2.69. The van der Waals surface area contributed by atoms with Crippen LogP contribution in [0.1, 0.15) is 37.8 Å². The molecule has 2 nitrogen and oxygen atoms in total. The number of hydrogen-bond acceptors (Lipinski definition) is 2. The Morgan fingerprint density at radius 3 is 2.67 bits per heavy atom. The van der Waals surface area contributed by atoms with Gasteiger partial charge in [0.05, 0.1) is 0 Å². The van der Waals surface area contributed by atoms with E-state index in [0.29, 0.717) is 0 Å². The third-order valence-corrected chi connectivity index (χ3v) is 3.66. The molecule has 1 saturated heterocycles. The second-order valence-corrected chi connectivity index (χ2v) is 4.97. The lowest BCUT2D eigenvalue weighted by Gasteiger charge is -2.22. The van der Waals surface area contributed by atoms with Crippen LogP contribution in [0, 0.1) is 5.82 Å². The van der Waals surface area contributed by atoms with Crippen LogP contribution in [0.25, 0.3) is 0 Å². The van der Waals surface area contributed by atoms with E-state index in [2.05, 4.69) is 17.1 Å². The van der Waals surface area contributed by atoms with E-state index in [1.165, 1.54) is 25.9 Å². The smallest absolute Gasteiger partial charge is 0.127 e. The normalized spacial score (nSPS) is 18.1. The van der Waals surface area contributed by atoms with E-state index in [0.717, 1.165) is 25.1 Å². The van der Waals surface area contributed by atoms with Gasteiger partial charge in [0.2, 0.25) is 0 Å². The monoisotopic (exact) mass is 250 g/mol. The topological polar surface area (TPSA) is 15.3 Å². The molecule has 0 saturated carbocycles. The van der Waals surface area contributed by atoms with Gasteiger partial charge in [0.25, 0.3) is 0 Å². The number of benzene rings is 1. The second kappa shape index (κ2) is 6.86. The van der Waals surface area contributed by atoms with E-state index < -0.39 is 0 Å². The minimum absolute atomic E-state index is 0.0927. The molecule has 0 bridgehead atoms. The Kier molecular flexibility index (Phi) is 5.14. The summed E-state index contributed by atoms with van der Waals surface area (Å²) in [5.41, 5.74) is 0.804. The molecule has 0 aromatic heterocycles. The highest BCUT2D eigenvalue weighted by atomic mass is 19.1. The number of halogens is 1. The molecule has 1 aromatic carbocycles. The second-order valence-electron chi connectivity index (χ2n) is 4.97. The average Bonchev–Trinajstić information content (AvgIpc) is 2.88. The summed E-state index contributed by atoms with van der Waals surface area (Å²) in [5, 5.41) is 3.40. The molecule has 100 valence electrons. The van der Waals surface area contributed by atoms with Gasteiger partial charge in [-0.15, -0.1) is 0 Å². The molecule has 18 heavy (non-hydrogen) atoms. The Balaban J connectivity index is 1.96. The Labute approximate surface area is 109 Å². The number of nitrogens with zero attached hydrogens (tertiary/aromatic N) is 1. The van der Waals surface area contributed by atoms with Crippen molar-refractivity contribution in [2.75, 3.05) is 26.2 Å². The van der Waals surface area contributed by atoms with Crippen LogP contribution < -0.4 is 5.32 Å². The van der Waals surface area contributed by atoms with Crippen LogP contribution in [0.15, 0.2) is 24.3 Å². The molecule has 2 rings (SSSR count). The van der Waals surface area contributed by atoms with Gasteiger partial charge in [-0.1, -0.05) is 25.1 Å². The average molecular weight is 250 g/mol. The molecule has 1 heterocycles. The van der Waals surface area contributed by atoms with E-state index in [1.54, 1.807) is 12.1 Å². The number of nitrogens with one attached hydrogen (secondary N) is 1. The zero-order valence-electron chi connectivity index (χ0n) is 11.2. The van der Waals surface area contributed by atoms with Crippen LogP contribution in [-0.2, 0) is 0 Å². The summed E-state index contributed by atoms with van der Waals surface area (Å²) >= 11 is 0. The molecule has 1 aliphatic heterocycles. The first kappa shape index (κ1) is 13.5. The molecule has 3 heteroatoms. The van der Waals surface area contributed by atoms with Crippen LogP contribution in [0.5, 0.6) is 0 Å². The van der Waals surface area contributed by atoms with Gasteiger partial charge < -0.3 is 10.2 Å². The van der Waals surface area contributed by atoms with Gasteiger partial charge in [0.15, 0.2) is 0 Å². The highest BCUT2D eigenvalue weighted by Gasteiger charge is 2.17. The maximum Gasteiger partial charge on any atom is 0.127 e. The maximum absolute atomic E-state index is 13.8. The first-order chi connectivity index (χ1) is 8.81. The standard InChI is InChI=1S/C15H23FN2/c1-2-17-15(9-12-18-10-5-6-11-18)13-7-3-4-8-14(13)16/h3-4,7-8,15,17H,2,5-6,9-12H2,1H3. The quantitative estimate of drug-likeness (QED) is 0.835. The van der Waals surface area contributed by atoms with Gasteiger partial charge in [-0.2, -0.15) is 0 Å². The largest absolute Gasteiger partial charge is 0.310 e. The van der Waals surface area contributed by atoms with Crippen molar-refractivity contribution in [1.82, 2.24) is 10.2 Å². The van der Waals surface area contributed by atoms with Crippen LogP contribution >= 0.6 is 0 Å². The van der Waals surface area contributed by atoms with E-state index in [1.807, 2.05) is 12.1 Å². The molecule has 1 unspecified atom stereocenters. The lowest BCUT2D eigenvalue weighted by molar-refractivity contribution is 0.309. The van der Waals surface area contributed by atoms with Crippen LogP contribution in [0.3, 0.4) is 0 Å². The van der Waals surface area contributed by atoms with Gasteiger partial charge in [-0.3, -0.25) is 0 Å². The molecule has 1 fully saturated rings. The third kappa shape index (κ3) is 3.53. The van der Waals surface area contributed by atoms with Crippen molar-refractivity contribution in [3.63, 3.8) is 0 Å². The fraction of sp³-hybridized carbons (Fsp3) is 0.600. The van der Waals surface area contributed by atoms with Crippen molar-refractivity contribution >= 4 is 0 Å². The van der Waals surface area contributed by atoms with Gasteiger partial charge in [0, 0.05) is 11.6 Å². The zero-order chi connectivity index (χ0) is 12.8. The molecule has 1 aliphatic rings. The van der Waals surface area contributed by atoms with Crippen molar-refractivity contribution in [2.24, 2.45) is 0 Å². The highest BCUT2D eigenvalue weighted by Crippen LogP contribution is 2.21. The zero-order valence-corrected chi connectivity index (χ0v) is 11.2. The SMILES string of the molecule is CCNC(CCN1CCCC1)c1ccccc1F. The van der Waals surface area contributed by atoms with Crippen molar-refractivity contribution in [1.29, 1.82) is 0 Å². The van der Waals surface area contributed by atoms with Gasteiger partial charge in [0.1, 0.15) is 5.82 Å². The summed E-state index contributed by atoms with van der Waals surface area (Å²) in [6.07, 6.45) is 3.60. The van der Waals surface area contributed by atoms with E-state index in [9.17, 15) is 4.39 Å². The molecule has 1 atom stereocenters. The Morgan fingerprint density at radius 1 is 1.28 bits per heavy atom. The maximum atomic E-state index is 13.8. The molecule has 0 amide bonds. The van der Waals surface area contributed by atoms with Gasteiger partial charge in [-0.05, 0) is 51.5 Å². The summed E-state index contributed by atoms with van der Waals surface area (Å²) in [7, 11) is 0. The summed E-state index contributed by atoms with van der Waals surface area (Å²) in [4.78, 5) is 2.48. The summed E-state index contributed by atoms with van der Waals surface area (Å²) in [6, 6.07) is 7.25. The van der Waals surface area contributed by atoms with Crippen molar-refractivity contribution < 1.29 is 4.39 Å². The molecule has 1 N–H and O–H groups in total. The summed E-state index contributed by atoms with van der Waals surface area (Å²) in [6.45, 7) is 6.42. The molecule has 0 radical (unpaired) electrons. The van der Waals surface area contributed by atoms with E-state index >= 15 is 0 Å². The highest BCUT2D eigenvalue weighted by molar-refractivity contribution is 5.21. The Morgan fingerprint density at radius 2 is 2.00 bits per heavy atom. The lowest BCUT2D eigenvalue weighted by atomic mass is 10.0. The third-order valence-electron chi connectivity index (χ3n) is 3.66. The molecule has 0 spiro atoms. The van der Waals surface area contributed by atoms with Gasteiger partial charge in [-0.25, -0.2) is 4.39 Å². The lowest BCUT2D eigenvalue weighted by Crippen LogP contribution is -2.28. The number of likely N-dealkylation sites (tertiary alicyclic amines) is 1. The Hall–Kier alpha value is -0.930. The fourth-order valence-corrected chi connectivity index (χ4v) is 2.69. The van der Waals surface area contributed by atoms with Crippen molar-refractivity contribution in [3.05, 3.63) is 35.6 Å². The molecule has 1 aromatic rings. The molecular formula is C15H23FN2. The number of hydrogen-bond donors (Lipinski definition) is 1. The predicted octanol–water partition coefficient (Wildman–Crippen LogP) is 2.96. The van der Waals surface area contributed by atoms with E-state index in [4.69, 9.17) is 0 Å². The summed E-state index contributed by atoms with van der Waals surface area (Å²) in [5.74, 6) is -0.0927. The minimum Gasteiger partial charge on any atom is -0.310 e.